The molecule has 1 saturated carbocycles. The van der Waals surface area contributed by atoms with E-state index in [0.717, 1.165) is 27.9 Å². The standard InChI is InChI=1S/C16H16BrFN2O/c17-16-4-3-15(6-12(16)8-20-14-1-2-14)21-10-11-5-13(18)9-19-7-11/h3-7,9,14,20H,1-2,8,10H2. The van der Waals surface area contributed by atoms with Gasteiger partial charge in [0.1, 0.15) is 18.2 Å². The molecule has 0 radical (unpaired) electrons. The molecule has 3 nitrogen and oxygen atoms in total. The van der Waals surface area contributed by atoms with Gasteiger partial charge in [-0.1, -0.05) is 15.9 Å². The number of halogens is 2. The van der Waals surface area contributed by atoms with Crippen molar-refractivity contribution < 1.29 is 9.13 Å². The Morgan fingerprint density at radius 1 is 1.29 bits per heavy atom. The molecule has 2 aromatic rings. The Labute approximate surface area is 131 Å². The molecule has 1 N–H and O–H groups in total. The lowest BCUT2D eigenvalue weighted by Gasteiger charge is -2.10. The Bertz CT molecular complexity index is 631. The summed E-state index contributed by atoms with van der Waals surface area (Å²) in [6.07, 6.45) is 5.32. The van der Waals surface area contributed by atoms with Gasteiger partial charge in [-0.2, -0.15) is 0 Å². The number of hydrogen-bond acceptors (Lipinski definition) is 3. The van der Waals surface area contributed by atoms with Crippen molar-refractivity contribution in [2.75, 3.05) is 0 Å². The highest BCUT2D eigenvalue weighted by molar-refractivity contribution is 9.10. The van der Waals surface area contributed by atoms with E-state index in [4.69, 9.17) is 4.74 Å². The zero-order valence-electron chi connectivity index (χ0n) is 11.5. The maximum absolute atomic E-state index is 13.1. The molecule has 0 saturated heterocycles. The minimum atomic E-state index is -0.346. The van der Waals surface area contributed by atoms with E-state index in [1.807, 2.05) is 18.2 Å². The summed E-state index contributed by atoms with van der Waals surface area (Å²) in [5.41, 5.74) is 1.88. The van der Waals surface area contributed by atoms with Crippen LogP contribution in [0.4, 0.5) is 4.39 Å². The maximum atomic E-state index is 13.1. The van der Waals surface area contributed by atoms with Crippen LogP contribution in [0.1, 0.15) is 24.0 Å². The van der Waals surface area contributed by atoms with Gasteiger partial charge >= 0.3 is 0 Å². The first-order chi connectivity index (χ1) is 10.2. The summed E-state index contributed by atoms with van der Waals surface area (Å²) in [6.45, 7) is 1.13. The van der Waals surface area contributed by atoms with Gasteiger partial charge in [0.15, 0.2) is 0 Å². The third kappa shape index (κ3) is 4.25. The number of aromatic nitrogens is 1. The summed E-state index contributed by atoms with van der Waals surface area (Å²) in [4.78, 5) is 3.81. The molecule has 5 heteroatoms. The molecule has 0 bridgehead atoms. The molecular weight excluding hydrogens is 335 g/mol. The zero-order chi connectivity index (χ0) is 14.7. The fourth-order valence-corrected chi connectivity index (χ4v) is 2.41. The van der Waals surface area contributed by atoms with Crippen LogP contribution in [-0.4, -0.2) is 11.0 Å². The summed E-state index contributed by atoms with van der Waals surface area (Å²) in [5, 5.41) is 3.48. The third-order valence-electron chi connectivity index (χ3n) is 3.34. The number of hydrogen-bond donors (Lipinski definition) is 1. The van der Waals surface area contributed by atoms with Gasteiger partial charge in [0.05, 0.1) is 6.20 Å². The number of rotatable bonds is 6. The Morgan fingerprint density at radius 3 is 2.90 bits per heavy atom. The Balaban J connectivity index is 1.63. The van der Waals surface area contributed by atoms with Gasteiger partial charge in [-0.15, -0.1) is 0 Å². The number of pyridine rings is 1. The van der Waals surface area contributed by atoms with Crippen molar-refractivity contribution >= 4 is 15.9 Å². The molecule has 0 aliphatic heterocycles. The van der Waals surface area contributed by atoms with E-state index in [-0.39, 0.29) is 5.82 Å². The highest BCUT2D eigenvalue weighted by atomic mass is 79.9. The second kappa shape index (κ2) is 6.54. The molecule has 1 aromatic carbocycles. The van der Waals surface area contributed by atoms with Crippen molar-refractivity contribution in [3.8, 4) is 5.75 Å². The smallest absolute Gasteiger partial charge is 0.141 e. The molecule has 1 aliphatic carbocycles. The predicted molar refractivity (Wildman–Crippen MR) is 82.5 cm³/mol. The zero-order valence-corrected chi connectivity index (χ0v) is 13.1. The molecule has 3 rings (SSSR count). The van der Waals surface area contributed by atoms with Crippen LogP contribution < -0.4 is 10.1 Å². The van der Waals surface area contributed by atoms with Gasteiger partial charge in [-0.25, -0.2) is 4.39 Å². The average Bonchev–Trinajstić information content (AvgIpc) is 3.29. The molecule has 1 heterocycles. The number of nitrogens with zero attached hydrogens (tertiary/aromatic N) is 1. The fourth-order valence-electron chi connectivity index (χ4n) is 2.02. The van der Waals surface area contributed by atoms with Gasteiger partial charge < -0.3 is 10.1 Å². The molecule has 1 aliphatic rings. The molecule has 0 amide bonds. The largest absolute Gasteiger partial charge is 0.489 e. The Morgan fingerprint density at radius 2 is 2.14 bits per heavy atom. The molecule has 1 aromatic heterocycles. The first kappa shape index (κ1) is 14.5. The van der Waals surface area contributed by atoms with Crippen molar-refractivity contribution in [2.45, 2.75) is 32.0 Å². The Kier molecular flexibility index (Phi) is 4.51. The molecular formula is C16H16BrFN2O. The van der Waals surface area contributed by atoms with Crippen LogP contribution in [0.3, 0.4) is 0 Å². The molecule has 21 heavy (non-hydrogen) atoms. The Hall–Kier alpha value is -1.46. The highest BCUT2D eigenvalue weighted by Crippen LogP contribution is 2.25. The van der Waals surface area contributed by atoms with E-state index in [1.54, 1.807) is 6.20 Å². The predicted octanol–water partition coefficient (Wildman–Crippen LogP) is 3.81. The number of ether oxygens (including phenoxy) is 1. The van der Waals surface area contributed by atoms with E-state index < -0.39 is 0 Å². The first-order valence-electron chi connectivity index (χ1n) is 6.95. The molecule has 0 unspecified atom stereocenters. The summed E-state index contributed by atoms with van der Waals surface area (Å²) in [7, 11) is 0. The van der Waals surface area contributed by atoms with Crippen LogP contribution in [0.15, 0.2) is 41.1 Å². The summed E-state index contributed by atoms with van der Waals surface area (Å²) in [5.74, 6) is 0.427. The highest BCUT2D eigenvalue weighted by Gasteiger charge is 2.20. The van der Waals surface area contributed by atoms with Crippen molar-refractivity contribution in [1.29, 1.82) is 0 Å². The minimum absolute atomic E-state index is 0.307. The van der Waals surface area contributed by atoms with E-state index in [2.05, 4.69) is 26.2 Å². The van der Waals surface area contributed by atoms with Crippen LogP contribution >= 0.6 is 15.9 Å². The lowest BCUT2D eigenvalue weighted by Crippen LogP contribution is -2.15. The molecule has 0 atom stereocenters. The molecule has 0 spiro atoms. The quantitative estimate of drug-likeness (QED) is 0.859. The lowest BCUT2D eigenvalue weighted by atomic mass is 10.2. The van der Waals surface area contributed by atoms with Crippen LogP contribution in [0.25, 0.3) is 0 Å². The minimum Gasteiger partial charge on any atom is -0.489 e. The van der Waals surface area contributed by atoms with Crippen LogP contribution in [-0.2, 0) is 13.2 Å². The third-order valence-corrected chi connectivity index (χ3v) is 4.12. The lowest BCUT2D eigenvalue weighted by molar-refractivity contribution is 0.304. The second-order valence-electron chi connectivity index (χ2n) is 5.21. The topological polar surface area (TPSA) is 34.1 Å². The molecule has 110 valence electrons. The van der Waals surface area contributed by atoms with E-state index in [9.17, 15) is 4.39 Å². The van der Waals surface area contributed by atoms with E-state index >= 15 is 0 Å². The summed E-state index contributed by atoms with van der Waals surface area (Å²) >= 11 is 3.55. The fraction of sp³-hybridized carbons (Fsp3) is 0.312. The average molecular weight is 351 g/mol. The van der Waals surface area contributed by atoms with Crippen molar-refractivity contribution in [3.05, 3.63) is 58.1 Å². The van der Waals surface area contributed by atoms with Crippen molar-refractivity contribution in [2.24, 2.45) is 0 Å². The van der Waals surface area contributed by atoms with Crippen molar-refractivity contribution in [1.82, 2.24) is 10.3 Å². The van der Waals surface area contributed by atoms with Gasteiger partial charge in [0.25, 0.3) is 0 Å². The van der Waals surface area contributed by atoms with Crippen molar-refractivity contribution in [3.63, 3.8) is 0 Å². The van der Waals surface area contributed by atoms with Gasteiger partial charge in [-0.3, -0.25) is 4.98 Å². The number of nitrogens with one attached hydrogen (secondary N) is 1. The second-order valence-corrected chi connectivity index (χ2v) is 6.06. The van der Waals surface area contributed by atoms with Gasteiger partial charge in [0, 0.05) is 28.8 Å². The van der Waals surface area contributed by atoms with Crippen LogP contribution in [0.5, 0.6) is 5.75 Å². The number of benzene rings is 1. The summed E-state index contributed by atoms with van der Waals surface area (Å²) in [6, 6.07) is 7.98. The molecule has 1 fully saturated rings. The van der Waals surface area contributed by atoms with Gasteiger partial charge in [-0.05, 0) is 42.7 Å². The maximum Gasteiger partial charge on any atom is 0.141 e. The van der Waals surface area contributed by atoms with Crippen LogP contribution in [0.2, 0.25) is 0 Å². The monoisotopic (exact) mass is 350 g/mol. The van der Waals surface area contributed by atoms with E-state index in [1.165, 1.54) is 25.1 Å². The van der Waals surface area contributed by atoms with E-state index in [0.29, 0.717) is 12.6 Å². The SMILES string of the molecule is Fc1cncc(COc2ccc(Br)c(CNC3CC3)c2)c1. The van der Waals surface area contributed by atoms with Crippen LogP contribution in [0, 0.1) is 5.82 Å². The first-order valence-corrected chi connectivity index (χ1v) is 7.74. The van der Waals surface area contributed by atoms with Gasteiger partial charge in [0.2, 0.25) is 0 Å². The summed E-state index contributed by atoms with van der Waals surface area (Å²) < 4.78 is 19.8. The normalized spacial score (nSPS) is 14.2.